The number of hydrogen-bond donors (Lipinski definition) is 1. The lowest BCUT2D eigenvalue weighted by molar-refractivity contribution is -0.0500. The number of hydrogen-bond acceptors (Lipinski definition) is 5. The number of alkyl halides is 3. The summed E-state index contributed by atoms with van der Waals surface area (Å²) in [5.74, 6) is -1.42. The molecule has 1 N–H and O–H groups in total. The van der Waals surface area contributed by atoms with Gasteiger partial charge in [-0.1, -0.05) is 0 Å². The summed E-state index contributed by atoms with van der Waals surface area (Å²) in [6, 6.07) is 2.98. The van der Waals surface area contributed by atoms with E-state index < -0.39 is 27.1 Å². The highest BCUT2D eigenvalue weighted by Crippen LogP contribution is 2.34. The van der Waals surface area contributed by atoms with Gasteiger partial charge in [0.1, 0.15) is 5.75 Å². The van der Waals surface area contributed by atoms with Crippen LogP contribution in [0.25, 0.3) is 0 Å². The van der Waals surface area contributed by atoms with Crippen LogP contribution in [0.15, 0.2) is 18.2 Å². The molecule has 0 aliphatic carbocycles. The Morgan fingerprint density at radius 2 is 1.94 bits per heavy atom. The Balaban J connectivity index is 3.00. The molecular formula is C9H9F3O5S. The SMILES string of the molecule is CCOc1ccc(OS(=O)(=O)C(F)(F)F)c(O)c1. The minimum absolute atomic E-state index is 0.173. The van der Waals surface area contributed by atoms with Crippen LogP contribution < -0.4 is 8.92 Å². The van der Waals surface area contributed by atoms with Crippen molar-refractivity contribution in [2.45, 2.75) is 12.4 Å². The van der Waals surface area contributed by atoms with Gasteiger partial charge in [0.05, 0.1) is 6.61 Å². The van der Waals surface area contributed by atoms with Crippen LogP contribution in [0.3, 0.4) is 0 Å². The first kappa shape index (κ1) is 14.4. The summed E-state index contributed by atoms with van der Waals surface area (Å²) in [6.07, 6.45) is 0. The van der Waals surface area contributed by atoms with Crippen molar-refractivity contribution in [2.75, 3.05) is 6.61 Å². The van der Waals surface area contributed by atoms with Crippen molar-refractivity contribution in [1.29, 1.82) is 0 Å². The lowest BCUT2D eigenvalue weighted by atomic mass is 10.3. The molecule has 0 heterocycles. The molecule has 0 saturated heterocycles. The van der Waals surface area contributed by atoms with Gasteiger partial charge in [-0.25, -0.2) is 0 Å². The number of benzene rings is 1. The number of halogens is 3. The second-order valence-corrected chi connectivity index (χ2v) is 4.58. The monoisotopic (exact) mass is 286 g/mol. The van der Waals surface area contributed by atoms with Crippen LogP contribution in [0.1, 0.15) is 6.92 Å². The van der Waals surface area contributed by atoms with Gasteiger partial charge in [0, 0.05) is 6.07 Å². The van der Waals surface area contributed by atoms with Crippen LogP contribution in [0.5, 0.6) is 17.2 Å². The van der Waals surface area contributed by atoms with Crippen molar-refractivity contribution in [2.24, 2.45) is 0 Å². The van der Waals surface area contributed by atoms with Gasteiger partial charge in [-0.15, -0.1) is 0 Å². The topological polar surface area (TPSA) is 72.8 Å². The zero-order chi connectivity index (χ0) is 14.0. The number of phenolic OH excluding ortho intramolecular Hbond substituents is 1. The molecule has 0 bridgehead atoms. The van der Waals surface area contributed by atoms with Crippen LogP contribution in [-0.4, -0.2) is 25.6 Å². The molecule has 0 aliphatic heterocycles. The Morgan fingerprint density at radius 1 is 1.33 bits per heavy atom. The first-order valence-corrected chi connectivity index (χ1v) is 6.04. The van der Waals surface area contributed by atoms with Gasteiger partial charge < -0.3 is 14.0 Å². The molecule has 1 aromatic rings. The van der Waals surface area contributed by atoms with Crippen molar-refractivity contribution in [1.82, 2.24) is 0 Å². The maximum absolute atomic E-state index is 12.0. The van der Waals surface area contributed by atoms with Crippen molar-refractivity contribution in [3.05, 3.63) is 18.2 Å². The first-order chi connectivity index (χ1) is 8.17. The molecule has 0 unspecified atom stereocenters. The number of phenols is 1. The lowest BCUT2D eigenvalue weighted by Crippen LogP contribution is -2.28. The lowest BCUT2D eigenvalue weighted by Gasteiger charge is -2.11. The fourth-order valence-corrected chi connectivity index (χ4v) is 1.46. The van der Waals surface area contributed by atoms with E-state index >= 15 is 0 Å². The average molecular weight is 286 g/mol. The second-order valence-electron chi connectivity index (χ2n) is 3.05. The molecule has 0 aromatic heterocycles. The smallest absolute Gasteiger partial charge is 0.504 e. The fourth-order valence-electron chi connectivity index (χ4n) is 0.990. The van der Waals surface area contributed by atoms with Gasteiger partial charge in [-0.05, 0) is 19.1 Å². The van der Waals surface area contributed by atoms with Gasteiger partial charge in [-0.3, -0.25) is 0 Å². The first-order valence-electron chi connectivity index (χ1n) is 4.64. The van der Waals surface area contributed by atoms with Gasteiger partial charge in [0.2, 0.25) is 0 Å². The molecule has 0 saturated carbocycles. The zero-order valence-corrected chi connectivity index (χ0v) is 9.88. The highest BCUT2D eigenvalue weighted by atomic mass is 32.2. The van der Waals surface area contributed by atoms with Gasteiger partial charge in [0.15, 0.2) is 11.5 Å². The molecule has 18 heavy (non-hydrogen) atoms. The molecular weight excluding hydrogens is 277 g/mol. The van der Waals surface area contributed by atoms with Gasteiger partial charge in [-0.2, -0.15) is 21.6 Å². The van der Waals surface area contributed by atoms with E-state index in [1.54, 1.807) is 6.92 Å². The summed E-state index contributed by atoms with van der Waals surface area (Å²) in [5.41, 5.74) is -5.56. The molecule has 0 atom stereocenters. The van der Waals surface area contributed by atoms with Gasteiger partial charge in [0.25, 0.3) is 0 Å². The van der Waals surface area contributed by atoms with E-state index in [4.69, 9.17) is 4.74 Å². The Kier molecular flexibility index (Phi) is 3.95. The van der Waals surface area contributed by atoms with Crippen molar-refractivity contribution in [3.8, 4) is 17.2 Å². The van der Waals surface area contributed by atoms with E-state index in [9.17, 15) is 26.7 Å². The second kappa shape index (κ2) is 4.92. The maximum Gasteiger partial charge on any atom is 0.534 e. The summed E-state index contributed by atoms with van der Waals surface area (Å²) in [4.78, 5) is 0. The molecule has 1 aromatic carbocycles. The minimum atomic E-state index is -5.80. The molecule has 102 valence electrons. The average Bonchev–Trinajstić information content (AvgIpc) is 2.21. The zero-order valence-electron chi connectivity index (χ0n) is 9.06. The van der Waals surface area contributed by atoms with E-state index in [-0.39, 0.29) is 12.4 Å². The van der Waals surface area contributed by atoms with Crippen LogP contribution in [0, 0.1) is 0 Å². The predicted octanol–water partition coefficient (Wildman–Crippen LogP) is 2.02. The third-order valence-electron chi connectivity index (χ3n) is 1.72. The van der Waals surface area contributed by atoms with E-state index in [2.05, 4.69) is 4.18 Å². The highest BCUT2D eigenvalue weighted by molar-refractivity contribution is 7.88. The number of aromatic hydroxyl groups is 1. The van der Waals surface area contributed by atoms with Crippen LogP contribution in [-0.2, 0) is 10.1 Å². The molecule has 9 heteroatoms. The predicted molar refractivity (Wildman–Crippen MR) is 54.9 cm³/mol. The summed E-state index contributed by atoms with van der Waals surface area (Å²) >= 11 is 0. The van der Waals surface area contributed by atoms with E-state index in [1.165, 1.54) is 6.07 Å². The molecule has 0 spiro atoms. The van der Waals surface area contributed by atoms with E-state index in [1.807, 2.05) is 0 Å². The Bertz CT molecular complexity index is 523. The number of rotatable bonds is 4. The van der Waals surface area contributed by atoms with E-state index in [0.29, 0.717) is 0 Å². The standard InChI is InChI=1S/C9H9F3O5S/c1-2-16-6-3-4-8(7(13)5-6)17-18(14,15)9(10,11)12/h3-5,13H,2H2,1H3. The Hall–Kier alpha value is -1.64. The normalized spacial score (nSPS) is 12.2. The third kappa shape index (κ3) is 3.19. The number of ether oxygens (including phenoxy) is 1. The van der Waals surface area contributed by atoms with E-state index in [0.717, 1.165) is 12.1 Å². The summed E-state index contributed by atoms with van der Waals surface area (Å²) < 4.78 is 66.2. The van der Waals surface area contributed by atoms with Crippen LogP contribution in [0.4, 0.5) is 13.2 Å². The Morgan fingerprint density at radius 3 is 2.39 bits per heavy atom. The molecule has 0 amide bonds. The fraction of sp³-hybridized carbons (Fsp3) is 0.333. The van der Waals surface area contributed by atoms with Crippen LogP contribution >= 0.6 is 0 Å². The molecule has 0 aliphatic rings. The molecule has 1 rings (SSSR count). The summed E-state index contributed by atoms with van der Waals surface area (Å²) in [7, 11) is -5.80. The van der Waals surface area contributed by atoms with Crippen molar-refractivity contribution < 1.29 is 35.6 Å². The quantitative estimate of drug-likeness (QED) is 0.677. The van der Waals surface area contributed by atoms with Crippen molar-refractivity contribution in [3.63, 3.8) is 0 Å². The summed E-state index contributed by atoms with van der Waals surface area (Å²) in [5, 5.41) is 9.31. The van der Waals surface area contributed by atoms with Gasteiger partial charge >= 0.3 is 15.6 Å². The Labute approximate surface area is 101 Å². The van der Waals surface area contributed by atoms with Crippen molar-refractivity contribution >= 4 is 10.1 Å². The minimum Gasteiger partial charge on any atom is -0.504 e. The largest absolute Gasteiger partial charge is 0.534 e. The highest BCUT2D eigenvalue weighted by Gasteiger charge is 2.48. The molecule has 0 fully saturated rings. The third-order valence-corrected chi connectivity index (χ3v) is 2.69. The maximum atomic E-state index is 12.0. The summed E-state index contributed by atoms with van der Waals surface area (Å²) in [6.45, 7) is 1.94. The van der Waals surface area contributed by atoms with Crippen LogP contribution in [0.2, 0.25) is 0 Å². The molecule has 0 radical (unpaired) electrons. The molecule has 5 nitrogen and oxygen atoms in total.